The number of amides is 1. The summed E-state index contributed by atoms with van der Waals surface area (Å²) >= 11 is 0. The molecule has 6 heteroatoms. The van der Waals surface area contributed by atoms with Crippen molar-refractivity contribution in [2.24, 2.45) is 0 Å². The highest BCUT2D eigenvalue weighted by molar-refractivity contribution is 5.94. The molecule has 0 aliphatic carbocycles. The molecule has 19 heavy (non-hydrogen) atoms. The lowest BCUT2D eigenvalue weighted by atomic mass is 10.1. The minimum atomic E-state index is -2.94. The number of carbonyl (C=O) groups is 1. The molecule has 4 nitrogen and oxygen atoms in total. The molecule has 1 amide bonds. The largest absolute Gasteiger partial charge is 0.493 e. The van der Waals surface area contributed by atoms with Crippen LogP contribution in [0.15, 0.2) is 18.2 Å². The number of ether oxygens (including phenoxy) is 2. The lowest BCUT2D eigenvalue weighted by Crippen LogP contribution is -2.32. The van der Waals surface area contributed by atoms with Crippen LogP contribution >= 0.6 is 0 Å². The predicted molar refractivity (Wildman–Crippen MR) is 66.9 cm³/mol. The van der Waals surface area contributed by atoms with Gasteiger partial charge < -0.3 is 14.4 Å². The van der Waals surface area contributed by atoms with Crippen molar-refractivity contribution in [2.45, 2.75) is 26.5 Å². The number of methoxy groups -OCH3 is 1. The fourth-order valence-electron chi connectivity index (χ4n) is 1.43. The SMILES string of the molecule is COc1cc(C(=O)N(C)C(C)C)ccc1OC(F)F. The third-order valence-electron chi connectivity index (χ3n) is 2.72. The van der Waals surface area contributed by atoms with Crippen LogP contribution in [0.5, 0.6) is 11.5 Å². The first-order chi connectivity index (χ1) is 8.86. The van der Waals surface area contributed by atoms with Gasteiger partial charge in [0.05, 0.1) is 7.11 Å². The van der Waals surface area contributed by atoms with E-state index in [2.05, 4.69) is 4.74 Å². The number of alkyl halides is 2. The van der Waals surface area contributed by atoms with Gasteiger partial charge in [0, 0.05) is 18.7 Å². The number of hydrogen-bond acceptors (Lipinski definition) is 3. The van der Waals surface area contributed by atoms with Gasteiger partial charge in [0.15, 0.2) is 11.5 Å². The molecule has 0 unspecified atom stereocenters. The zero-order valence-corrected chi connectivity index (χ0v) is 11.3. The molecule has 1 aromatic rings. The van der Waals surface area contributed by atoms with E-state index in [0.29, 0.717) is 5.56 Å². The van der Waals surface area contributed by atoms with Crippen LogP contribution in [0.4, 0.5) is 8.78 Å². The monoisotopic (exact) mass is 273 g/mol. The Bertz CT molecular complexity index is 450. The van der Waals surface area contributed by atoms with Crippen LogP contribution in [0.2, 0.25) is 0 Å². The van der Waals surface area contributed by atoms with Crippen LogP contribution in [-0.2, 0) is 0 Å². The van der Waals surface area contributed by atoms with E-state index in [1.54, 1.807) is 11.9 Å². The fraction of sp³-hybridized carbons (Fsp3) is 0.462. The van der Waals surface area contributed by atoms with Crippen molar-refractivity contribution in [2.75, 3.05) is 14.2 Å². The van der Waals surface area contributed by atoms with Gasteiger partial charge in [-0.25, -0.2) is 0 Å². The van der Waals surface area contributed by atoms with Gasteiger partial charge in [-0.15, -0.1) is 0 Å². The molecule has 1 rings (SSSR count). The Balaban J connectivity index is 3.03. The molecule has 0 saturated carbocycles. The van der Waals surface area contributed by atoms with E-state index in [1.807, 2.05) is 13.8 Å². The highest BCUT2D eigenvalue weighted by Crippen LogP contribution is 2.29. The number of carbonyl (C=O) groups excluding carboxylic acids is 1. The molecule has 0 N–H and O–H groups in total. The molecule has 0 aliphatic rings. The van der Waals surface area contributed by atoms with Crippen molar-refractivity contribution in [1.29, 1.82) is 0 Å². The summed E-state index contributed by atoms with van der Waals surface area (Å²) < 4.78 is 33.6. The van der Waals surface area contributed by atoms with Crippen LogP contribution in [0, 0.1) is 0 Å². The molecular formula is C13H17F2NO3. The highest BCUT2D eigenvalue weighted by atomic mass is 19.3. The highest BCUT2D eigenvalue weighted by Gasteiger charge is 2.18. The molecule has 0 atom stereocenters. The Labute approximate surface area is 110 Å². The predicted octanol–water partition coefficient (Wildman–Crippen LogP) is 2.78. The van der Waals surface area contributed by atoms with E-state index < -0.39 is 6.61 Å². The number of hydrogen-bond donors (Lipinski definition) is 0. The zero-order chi connectivity index (χ0) is 14.6. The third kappa shape index (κ3) is 3.81. The van der Waals surface area contributed by atoms with E-state index in [0.717, 1.165) is 0 Å². The van der Waals surface area contributed by atoms with Gasteiger partial charge in [0.1, 0.15) is 0 Å². The Morgan fingerprint density at radius 1 is 1.26 bits per heavy atom. The molecular weight excluding hydrogens is 256 g/mol. The van der Waals surface area contributed by atoms with E-state index >= 15 is 0 Å². The van der Waals surface area contributed by atoms with E-state index in [1.165, 1.54) is 25.3 Å². The van der Waals surface area contributed by atoms with Crippen LogP contribution < -0.4 is 9.47 Å². The summed E-state index contributed by atoms with van der Waals surface area (Å²) in [5.74, 6) is -0.207. The quantitative estimate of drug-likeness (QED) is 0.828. The summed E-state index contributed by atoms with van der Waals surface area (Å²) in [6.45, 7) is 0.820. The fourth-order valence-corrected chi connectivity index (χ4v) is 1.43. The van der Waals surface area contributed by atoms with Crippen molar-refractivity contribution in [3.8, 4) is 11.5 Å². The van der Waals surface area contributed by atoms with Crippen molar-refractivity contribution in [3.63, 3.8) is 0 Å². The van der Waals surface area contributed by atoms with E-state index in [-0.39, 0.29) is 23.4 Å². The molecule has 0 aromatic heterocycles. The summed E-state index contributed by atoms with van der Waals surface area (Å²) in [6.07, 6.45) is 0. The molecule has 0 aliphatic heterocycles. The van der Waals surface area contributed by atoms with Gasteiger partial charge in [-0.2, -0.15) is 8.78 Å². The summed E-state index contributed by atoms with van der Waals surface area (Å²) in [6, 6.07) is 4.16. The summed E-state index contributed by atoms with van der Waals surface area (Å²) in [5.41, 5.74) is 0.356. The van der Waals surface area contributed by atoms with Gasteiger partial charge in [-0.05, 0) is 32.0 Å². The first kappa shape index (κ1) is 15.2. The average Bonchev–Trinajstić information content (AvgIpc) is 2.36. The molecule has 0 radical (unpaired) electrons. The van der Waals surface area contributed by atoms with Gasteiger partial charge in [0.25, 0.3) is 5.91 Å². The normalized spacial score (nSPS) is 10.7. The number of halogens is 2. The maximum Gasteiger partial charge on any atom is 0.387 e. The van der Waals surface area contributed by atoms with Crippen molar-refractivity contribution in [1.82, 2.24) is 4.90 Å². The van der Waals surface area contributed by atoms with E-state index in [9.17, 15) is 13.6 Å². The second kappa shape index (κ2) is 6.36. The lowest BCUT2D eigenvalue weighted by molar-refractivity contribution is -0.0512. The zero-order valence-electron chi connectivity index (χ0n) is 11.3. The topological polar surface area (TPSA) is 38.8 Å². The molecule has 0 saturated heterocycles. The van der Waals surface area contributed by atoms with E-state index in [4.69, 9.17) is 4.74 Å². The van der Waals surface area contributed by atoms with Gasteiger partial charge in [-0.3, -0.25) is 4.79 Å². The van der Waals surface area contributed by atoms with Crippen molar-refractivity contribution >= 4 is 5.91 Å². The summed E-state index contributed by atoms with van der Waals surface area (Å²) in [7, 11) is 3.00. The van der Waals surface area contributed by atoms with Gasteiger partial charge in [0.2, 0.25) is 0 Å². The smallest absolute Gasteiger partial charge is 0.387 e. The number of rotatable bonds is 5. The molecule has 0 bridgehead atoms. The number of nitrogens with zero attached hydrogens (tertiary/aromatic N) is 1. The molecule has 0 heterocycles. The summed E-state index contributed by atoms with van der Waals surface area (Å²) in [5, 5.41) is 0. The van der Waals surface area contributed by atoms with Crippen LogP contribution in [-0.4, -0.2) is 37.6 Å². The first-order valence-corrected chi connectivity index (χ1v) is 5.76. The van der Waals surface area contributed by atoms with Crippen molar-refractivity contribution in [3.05, 3.63) is 23.8 Å². The van der Waals surface area contributed by atoms with Gasteiger partial charge >= 0.3 is 6.61 Å². The maximum absolute atomic E-state index is 12.2. The number of benzene rings is 1. The molecule has 0 fully saturated rings. The van der Waals surface area contributed by atoms with Crippen LogP contribution in [0.25, 0.3) is 0 Å². The minimum absolute atomic E-state index is 0.0375. The first-order valence-electron chi connectivity index (χ1n) is 5.76. The Morgan fingerprint density at radius 3 is 2.37 bits per heavy atom. The van der Waals surface area contributed by atoms with Gasteiger partial charge in [-0.1, -0.05) is 0 Å². The Morgan fingerprint density at radius 2 is 1.89 bits per heavy atom. The molecule has 1 aromatic carbocycles. The molecule has 106 valence electrons. The van der Waals surface area contributed by atoms with Crippen LogP contribution in [0.3, 0.4) is 0 Å². The second-order valence-electron chi connectivity index (χ2n) is 4.25. The average molecular weight is 273 g/mol. The second-order valence-corrected chi connectivity index (χ2v) is 4.25. The Kier molecular flexibility index (Phi) is 5.09. The standard InChI is InChI=1S/C13H17F2NO3/c1-8(2)16(3)12(17)9-5-6-10(19-13(14)15)11(7-9)18-4/h5-8,13H,1-4H3. The summed E-state index contributed by atoms with van der Waals surface area (Å²) in [4.78, 5) is 13.6. The Hall–Kier alpha value is -1.85. The third-order valence-corrected chi connectivity index (χ3v) is 2.72. The maximum atomic E-state index is 12.2. The lowest BCUT2D eigenvalue weighted by Gasteiger charge is -2.22. The minimum Gasteiger partial charge on any atom is -0.493 e. The van der Waals surface area contributed by atoms with Crippen LogP contribution in [0.1, 0.15) is 24.2 Å². The molecule has 0 spiro atoms. The van der Waals surface area contributed by atoms with Crippen molar-refractivity contribution < 1.29 is 23.0 Å².